The minimum absolute atomic E-state index is 0.0159. The standard InChI is InChI=1S/C12H18N4O/c1-8-6-9(2)15-12(14-8)16-11(17)10-4-3-5-13-7-10/h6,10,13H,3-5,7H2,1-2H3,(H,14,15,16,17)/t10-/m1/s1. The van der Waals surface area contributed by atoms with E-state index in [1.54, 1.807) is 0 Å². The molecular formula is C12H18N4O. The number of aromatic nitrogens is 2. The Hall–Kier alpha value is -1.49. The average Bonchev–Trinajstić information content (AvgIpc) is 2.28. The van der Waals surface area contributed by atoms with E-state index in [9.17, 15) is 4.79 Å². The number of nitrogens with zero attached hydrogens (tertiary/aromatic N) is 2. The van der Waals surface area contributed by atoms with Crippen molar-refractivity contribution in [2.75, 3.05) is 18.4 Å². The Bertz CT molecular complexity index is 393. The fraction of sp³-hybridized carbons (Fsp3) is 0.583. The summed E-state index contributed by atoms with van der Waals surface area (Å²) in [4.78, 5) is 20.4. The van der Waals surface area contributed by atoms with Crippen molar-refractivity contribution >= 4 is 11.9 Å². The number of carbonyl (C=O) groups is 1. The molecule has 1 amide bonds. The zero-order valence-corrected chi connectivity index (χ0v) is 10.3. The second-order valence-corrected chi connectivity index (χ2v) is 4.51. The molecule has 0 saturated carbocycles. The first-order chi connectivity index (χ1) is 8.15. The van der Waals surface area contributed by atoms with Gasteiger partial charge in [0.25, 0.3) is 0 Å². The third-order valence-corrected chi connectivity index (χ3v) is 2.88. The normalized spacial score (nSPS) is 20.0. The van der Waals surface area contributed by atoms with Crippen LogP contribution in [-0.2, 0) is 4.79 Å². The van der Waals surface area contributed by atoms with Crippen LogP contribution in [0.15, 0.2) is 6.07 Å². The number of piperidine rings is 1. The second-order valence-electron chi connectivity index (χ2n) is 4.51. The van der Waals surface area contributed by atoms with Crippen molar-refractivity contribution in [2.45, 2.75) is 26.7 Å². The maximum absolute atomic E-state index is 12.0. The van der Waals surface area contributed by atoms with Crippen LogP contribution in [0.4, 0.5) is 5.95 Å². The van der Waals surface area contributed by atoms with Crippen LogP contribution in [0.25, 0.3) is 0 Å². The minimum Gasteiger partial charge on any atom is -0.316 e. The summed E-state index contributed by atoms with van der Waals surface area (Å²) in [7, 11) is 0. The van der Waals surface area contributed by atoms with Crippen molar-refractivity contribution in [3.05, 3.63) is 17.5 Å². The number of amides is 1. The van der Waals surface area contributed by atoms with Gasteiger partial charge in [-0.2, -0.15) is 0 Å². The molecule has 0 unspecified atom stereocenters. The van der Waals surface area contributed by atoms with Crippen LogP contribution >= 0.6 is 0 Å². The molecule has 2 rings (SSSR count). The molecule has 1 aromatic rings. The number of hydrogen-bond donors (Lipinski definition) is 2. The van der Waals surface area contributed by atoms with Crippen LogP contribution in [0.1, 0.15) is 24.2 Å². The van der Waals surface area contributed by atoms with E-state index >= 15 is 0 Å². The van der Waals surface area contributed by atoms with Gasteiger partial charge in [0.2, 0.25) is 11.9 Å². The van der Waals surface area contributed by atoms with Crippen molar-refractivity contribution in [1.82, 2.24) is 15.3 Å². The van der Waals surface area contributed by atoms with E-state index in [2.05, 4.69) is 20.6 Å². The molecule has 2 N–H and O–H groups in total. The topological polar surface area (TPSA) is 66.9 Å². The summed E-state index contributed by atoms with van der Waals surface area (Å²) < 4.78 is 0. The molecule has 1 fully saturated rings. The van der Waals surface area contributed by atoms with Gasteiger partial charge in [-0.3, -0.25) is 10.1 Å². The Morgan fingerprint density at radius 3 is 2.71 bits per heavy atom. The highest BCUT2D eigenvalue weighted by Gasteiger charge is 2.21. The van der Waals surface area contributed by atoms with Crippen LogP contribution in [0.3, 0.4) is 0 Å². The first kappa shape index (κ1) is 12.0. The SMILES string of the molecule is Cc1cc(C)nc(NC(=O)[C@@H]2CCCNC2)n1. The molecule has 5 nitrogen and oxygen atoms in total. The molecule has 17 heavy (non-hydrogen) atoms. The number of anilines is 1. The van der Waals surface area contributed by atoms with E-state index in [4.69, 9.17) is 0 Å². The quantitative estimate of drug-likeness (QED) is 0.802. The van der Waals surface area contributed by atoms with Crippen molar-refractivity contribution < 1.29 is 4.79 Å². The molecule has 0 spiro atoms. The van der Waals surface area contributed by atoms with Crippen LogP contribution in [0.2, 0.25) is 0 Å². The highest BCUT2D eigenvalue weighted by molar-refractivity contribution is 5.91. The predicted octanol–water partition coefficient (Wildman–Crippen LogP) is 1.03. The van der Waals surface area contributed by atoms with Gasteiger partial charge in [0.05, 0.1) is 5.92 Å². The monoisotopic (exact) mass is 234 g/mol. The van der Waals surface area contributed by atoms with Gasteiger partial charge < -0.3 is 5.32 Å². The minimum atomic E-state index is 0.0159. The zero-order valence-electron chi connectivity index (χ0n) is 10.3. The maximum atomic E-state index is 12.0. The molecule has 1 atom stereocenters. The molecule has 0 aromatic carbocycles. The predicted molar refractivity (Wildman–Crippen MR) is 65.7 cm³/mol. The first-order valence-corrected chi connectivity index (χ1v) is 5.99. The third-order valence-electron chi connectivity index (χ3n) is 2.88. The lowest BCUT2D eigenvalue weighted by Gasteiger charge is -2.21. The van der Waals surface area contributed by atoms with E-state index < -0.39 is 0 Å². The molecule has 0 radical (unpaired) electrons. The summed E-state index contributed by atoms with van der Waals surface area (Å²) in [5.74, 6) is 0.466. The number of hydrogen-bond acceptors (Lipinski definition) is 4. The first-order valence-electron chi connectivity index (χ1n) is 5.99. The van der Waals surface area contributed by atoms with E-state index in [1.165, 1.54) is 0 Å². The van der Waals surface area contributed by atoms with Gasteiger partial charge in [0.15, 0.2) is 0 Å². The summed E-state index contributed by atoms with van der Waals surface area (Å²) in [6.07, 6.45) is 1.98. The van der Waals surface area contributed by atoms with Crippen molar-refractivity contribution in [1.29, 1.82) is 0 Å². The molecular weight excluding hydrogens is 216 g/mol. The van der Waals surface area contributed by atoms with E-state index in [0.29, 0.717) is 5.95 Å². The molecule has 1 saturated heterocycles. The van der Waals surface area contributed by atoms with Crippen LogP contribution in [0.5, 0.6) is 0 Å². The maximum Gasteiger partial charge on any atom is 0.231 e. The lowest BCUT2D eigenvalue weighted by Crippen LogP contribution is -2.37. The smallest absolute Gasteiger partial charge is 0.231 e. The zero-order chi connectivity index (χ0) is 12.3. The van der Waals surface area contributed by atoms with Crippen LogP contribution < -0.4 is 10.6 Å². The van der Waals surface area contributed by atoms with Crippen molar-refractivity contribution in [3.8, 4) is 0 Å². The molecule has 0 aliphatic carbocycles. The summed E-state index contributed by atoms with van der Waals surface area (Å²) >= 11 is 0. The number of rotatable bonds is 2. The molecule has 0 bridgehead atoms. The number of carbonyl (C=O) groups excluding carboxylic acids is 1. The van der Waals surface area contributed by atoms with Gasteiger partial charge in [-0.25, -0.2) is 9.97 Å². The fourth-order valence-electron chi connectivity index (χ4n) is 2.07. The Labute approximate surface area is 101 Å². The molecule has 1 aromatic heterocycles. The summed E-state index contributed by atoms with van der Waals surface area (Å²) in [6.45, 7) is 5.54. The Balaban J connectivity index is 2.01. The second kappa shape index (κ2) is 5.23. The van der Waals surface area contributed by atoms with Gasteiger partial charge in [-0.15, -0.1) is 0 Å². The van der Waals surface area contributed by atoms with Gasteiger partial charge in [-0.1, -0.05) is 0 Å². The Morgan fingerprint density at radius 1 is 1.41 bits per heavy atom. The highest BCUT2D eigenvalue weighted by atomic mass is 16.2. The molecule has 92 valence electrons. The van der Waals surface area contributed by atoms with E-state index in [1.807, 2.05) is 19.9 Å². The van der Waals surface area contributed by atoms with Gasteiger partial charge in [-0.05, 0) is 39.3 Å². The van der Waals surface area contributed by atoms with Crippen LogP contribution in [0, 0.1) is 19.8 Å². The lowest BCUT2D eigenvalue weighted by atomic mass is 9.99. The number of aryl methyl sites for hydroxylation is 2. The molecule has 5 heteroatoms. The highest BCUT2D eigenvalue weighted by Crippen LogP contribution is 2.12. The van der Waals surface area contributed by atoms with Crippen molar-refractivity contribution in [3.63, 3.8) is 0 Å². The molecule has 2 heterocycles. The van der Waals surface area contributed by atoms with Crippen LogP contribution in [-0.4, -0.2) is 29.0 Å². The summed E-state index contributed by atoms with van der Waals surface area (Å²) in [5.41, 5.74) is 1.74. The average molecular weight is 234 g/mol. The fourth-order valence-corrected chi connectivity index (χ4v) is 2.07. The largest absolute Gasteiger partial charge is 0.316 e. The Kier molecular flexibility index (Phi) is 3.68. The molecule has 1 aliphatic rings. The third kappa shape index (κ3) is 3.23. The van der Waals surface area contributed by atoms with Gasteiger partial charge in [0, 0.05) is 17.9 Å². The summed E-state index contributed by atoms with van der Waals surface area (Å²) in [6, 6.07) is 1.89. The Morgan fingerprint density at radius 2 is 2.12 bits per heavy atom. The lowest BCUT2D eigenvalue weighted by molar-refractivity contribution is -0.120. The van der Waals surface area contributed by atoms with Crippen molar-refractivity contribution in [2.24, 2.45) is 5.92 Å². The van der Waals surface area contributed by atoms with E-state index in [-0.39, 0.29) is 11.8 Å². The summed E-state index contributed by atoms with van der Waals surface area (Å²) in [5, 5.41) is 6.01. The van der Waals surface area contributed by atoms with E-state index in [0.717, 1.165) is 37.3 Å². The molecule has 1 aliphatic heterocycles. The number of nitrogens with one attached hydrogen (secondary N) is 2. The van der Waals surface area contributed by atoms with Gasteiger partial charge in [0.1, 0.15) is 0 Å². The van der Waals surface area contributed by atoms with Gasteiger partial charge >= 0.3 is 0 Å².